The number of methoxy groups -OCH3 is 1. The second kappa shape index (κ2) is 7.64. The smallest absolute Gasteiger partial charge is 0.263 e. The summed E-state index contributed by atoms with van der Waals surface area (Å²) in [5.74, 6) is 0.335. The van der Waals surface area contributed by atoms with Crippen LogP contribution < -0.4 is 10.1 Å². The first-order chi connectivity index (χ1) is 12.4. The Bertz CT molecular complexity index is 937. The first-order valence-corrected chi connectivity index (χ1v) is 9.42. The standard InChI is InChI=1S/C20H19ClFNO2S/c1-11(2)18(12-4-7-14(25-3)8-5-12)23-20(24)19-17(21)15-9-6-13(22)10-16(15)26-19/h4-11,18H,1-3H3,(H,23,24). The predicted molar refractivity (Wildman–Crippen MR) is 105 cm³/mol. The van der Waals surface area contributed by atoms with Gasteiger partial charge >= 0.3 is 0 Å². The molecular formula is C20H19ClFNO2S. The topological polar surface area (TPSA) is 38.3 Å². The molecule has 0 radical (unpaired) electrons. The minimum absolute atomic E-state index is 0.175. The van der Waals surface area contributed by atoms with Crippen LogP contribution in [0.5, 0.6) is 5.75 Å². The van der Waals surface area contributed by atoms with Crippen molar-refractivity contribution in [3.63, 3.8) is 0 Å². The number of ether oxygens (including phenoxy) is 1. The number of thiophene rings is 1. The van der Waals surface area contributed by atoms with Crippen LogP contribution >= 0.6 is 22.9 Å². The third kappa shape index (κ3) is 3.69. The van der Waals surface area contributed by atoms with Gasteiger partial charge in [-0.15, -0.1) is 11.3 Å². The van der Waals surface area contributed by atoms with Gasteiger partial charge in [-0.25, -0.2) is 4.39 Å². The van der Waals surface area contributed by atoms with Crippen molar-refractivity contribution in [2.45, 2.75) is 19.9 Å². The minimum Gasteiger partial charge on any atom is -0.497 e. The fourth-order valence-corrected chi connectivity index (χ4v) is 4.28. The molecule has 0 spiro atoms. The van der Waals surface area contributed by atoms with Crippen LogP contribution in [0.3, 0.4) is 0 Å². The van der Waals surface area contributed by atoms with E-state index in [0.29, 0.717) is 20.0 Å². The van der Waals surface area contributed by atoms with Crippen molar-refractivity contribution in [1.29, 1.82) is 0 Å². The summed E-state index contributed by atoms with van der Waals surface area (Å²) in [6.45, 7) is 4.08. The molecule has 0 aliphatic carbocycles. The average Bonchev–Trinajstić information content (AvgIpc) is 2.95. The molecular weight excluding hydrogens is 373 g/mol. The minimum atomic E-state index is -0.347. The molecule has 3 nitrogen and oxygen atoms in total. The lowest BCUT2D eigenvalue weighted by Crippen LogP contribution is -2.31. The fourth-order valence-electron chi connectivity index (χ4n) is 2.84. The summed E-state index contributed by atoms with van der Waals surface area (Å²) in [6, 6.07) is 11.8. The SMILES string of the molecule is COc1ccc(C(NC(=O)c2sc3cc(F)ccc3c2Cl)C(C)C)cc1. The Morgan fingerprint density at radius 1 is 1.19 bits per heavy atom. The molecule has 0 aliphatic heterocycles. The van der Waals surface area contributed by atoms with Crippen molar-refractivity contribution in [2.75, 3.05) is 7.11 Å². The van der Waals surface area contributed by atoms with Crippen molar-refractivity contribution in [1.82, 2.24) is 5.32 Å². The van der Waals surface area contributed by atoms with Crippen LogP contribution in [0.25, 0.3) is 10.1 Å². The third-order valence-corrected chi connectivity index (χ3v) is 5.88. The first-order valence-electron chi connectivity index (χ1n) is 8.23. The zero-order valence-corrected chi connectivity index (χ0v) is 16.2. The lowest BCUT2D eigenvalue weighted by molar-refractivity contribution is 0.0930. The molecule has 1 heterocycles. The second-order valence-electron chi connectivity index (χ2n) is 6.35. The summed E-state index contributed by atoms with van der Waals surface area (Å²) in [4.78, 5) is 13.2. The molecule has 0 bridgehead atoms. The highest BCUT2D eigenvalue weighted by molar-refractivity contribution is 7.21. The first kappa shape index (κ1) is 18.7. The maximum atomic E-state index is 13.4. The van der Waals surface area contributed by atoms with Crippen LogP contribution in [0, 0.1) is 11.7 Å². The Morgan fingerprint density at radius 2 is 1.88 bits per heavy atom. The number of hydrogen-bond acceptors (Lipinski definition) is 3. The number of carbonyl (C=O) groups excluding carboxylic acids is 1. The molecule has 26 heavy (non-hydrogen) atoms. The molecule has 0 saturated carbocycles. The van der Waals surface area contributed by atoms with Gasteiger partial charge in [-0.05, 0) is 41.8 Å². The number of amides is 1. The average molecular weight is 392 g/mol. The predicted octanol–water partition coefficient (Wildman–Crippen LogP) is 5.83. The monoisotopic (exact) mass is 391 g/mol. The quantitative estimate of drug-likeness (QED) is 0.594. The fraction of sp³-hybridized carbons (Fsp3) is 0.250. The molecule has 3 rings (SSSR count). The Kier molecular flexibility index (Phi) is 5.49. The van der Waals surface area contributed by atoms with Crippen LogP contribution in [-0.4, -0.2) is 13.0 Å². The van der Waals surface area contributed by atoms with E-state index < -0.39 is 0 Å². The lowest BCUT2D eigenvalue weighted by Gasteiger charge is -2.23. The Morgan fingerprint density at radius 3 is 2.50 bits per heavy atom. The highest BCUT2D eigenvalue weighted by Gasteiger charge is 2.23. The molecule has 0 aliphatic rings. The van der Waals surface area contributed by atoms with Gasteiger partial charge in [0, 0.05) is 10.1 Å². The normalized spacial score (nSPS) is 12.4. The molecule has 1 amide bonds. The van der Waals surface area contributed by atoms with E-state index in [9.17, 15) is 9.18 Å². The summed E-state index contributed by atoms with van der Waals surface area (Å²) in [5.41, 5.74) is 0.984. The summed E-state index contributed by atoms with van der Waals surface area (Å²) >= 11 is 7.56. The van der Waals surface area contributed by atoms with E-state index in [4.69, 9.17) is 16.3 Å². The summed E-state index contributed by atoms with van der Waals surface area (Å²) < 4.78 is 19.3. The highest BCUT2D eigenvalue weighted by Crippen LogP contribution is 2.36. The molecule has 2 aromatic carbocycles. The van der Waals surface area contributed by atoms with E-state index >= 15 is 0 Å². The van der Waals surface area contributed by atoms with Gasteiger partial charge in [-0.1, -0.05) is 37.6 Å². The Hall–Kier alpha value is -2.11. The van der Waals surface area contributed by atoms with Crippen molar-refractivity contribution < 1.29 is 13.9 Å². The summed E-state index contributed by atoms with van der Waals surface area (Å²) in [7, 11) is 1.61. The molecule has 1 aromatic heterocycles. The number of benzene rings is 2. The van der Waals surface area contributed by atoms with Gasteiger partial charge in [-0.3, -0.25) is 4.79 Å². The molecule has 1 N–H and O–H groups in total. The summed E-state index contributed by atoms with van der Waals surface area (Å²) in [5, 5.41) is 4.10. The molecule has 3 aromatic rings. The maximum absolute atomic E-state index is 13.4. The number of rotatable bonds is 5. The van der Waals surface area contributed by atoms with E-state index in [-0.39, 0.29) is 23.7 Å². The number of carbonyl (C=O) groups is 1. The molecule has 1 unspecified atom stereocenters. The highest BCUT2D eigenvalue weighted by atomic mass is 35.5. The Labute approximate surface area is 160 Å². The van der Waals surface area contributed by atoms with E-state index in [1.165, 1.54) is 23.5 Å². The molecule has 1 atom stereocenters. The van der Waals surface area contributed by atoms with Gasteiger partial charge in [0.1, 0.15) is 16.4 Å². The lowest BCUT2D eigenvalue weighted by atomic mass is 9.96. The van der Waals surface area contributed by atoms with Gasteiger partial charge in [0.2, 0.25) is 0 Å². The summed E-state index contributed by atoms with van der Waals surface area (Å²) in [6.07, 6.45) is 0. The number of fused-ring (bicyclic) bond motifs is 1. The van der Waals surface area contributed by atoms with Crippen molar-refractivity contribution in [3.8, 4) is 5.75 Å². The van der Waals surface area contributed by atoms with Crippen LogP contribution in [0.15, 0.2) is 42.5 Å². The number of nitrogens with one attached hydrogen (secondary N) is 1. The van der Waals surface area contributed by atoms with Crippen LogP contribution in [0.2, 0.25) is 5.02 Å². The maximum Gasteiger partial charge on any atom is 0.263 e. The van der Waals surface area contributed by atoms with Gasteiger partial charge < -0.3 is 10.1 Å². The molecule has 6 heteroatoms. The number of hydrogen-bond donors (Lipinski definition) is 1. The zero-order chi connectivity index (χ0) is 18.8. The zero-order valence-electron chi connectivity index (χ0n) is 14.7. The Balaban J connectivity index is 1.89. The number of halogens is 2. The molecule has 0 saturated heterocycles. The van der Waals surface area contributed by atoms with Crippen LogP contribution in [0.4, 0.5) is 4.39 Å². The molecule has 0 fully saturated rings. The second-order valence-corrected chi connectivity index (χ2v) is 7.78. The third-order valence-electron chi connectivity index (χ3n) is 4.23. The van der Waals surface area contributed by atoms with Gasteiger partial charge in [-0.2, -0.15) is 0 Å². The van der Waals surface area contributed by atoms with Crippen molar-refractivity contribution in [2.24, 2.45) is 5.92 Å². The van der Waals surface area contributed by atoms with E-state index in [2.05, 4.69) is 5.32 Å². The van der Waals surface area contributed by atoms with Crippen LogP contribution in [-0.2, 0) is 0 Å². The van der Waals surface area contributed by atoms with Crippen molar-refractivity contribution >= 4 is 38.9 Å². The van der Waals surface area contributed by atoms with Gasteiger partial charge in [0.25, 0.3) is 5.91 Å². The van der Waals surface area contributed by atoms with Crippen LogP contribution in [0.1, 0.15) is 35.1 Å². The van der Waals surface area contributed by atoms with Gasteiger partial charge in [0.15, 0.2) is 0 Å². The molecule has 136 valence electrons. The van der Waals surface area contributed by atoms with Gasteiger partial charge in [0.05, 0.1) is 18.2 Å². The largest absolute Gasteiger partial charge is 0.497 e. The van der Waals surface area contributed by atoms with E-state index in [0.717, 1.165) is 11.3 Å². The van der Waals surface area contributed by atoms with E-state index in [1.807, 2.05) is 38.1 Å². The van der Waals surface area contributed by atoms with Crippen molar-refractivity contribution in [3.05, 3.63) is 63.7 Å². The van der Waals surface area contributed by atoms with E-state index in [1.54, 1.807) is 13.2 Å².